The first-order valence-corrected chi connectivity index (χ1v) is 8.37. The van der Waals surface area contributed by atoms with Gasteiger partial charge in [-0.3, -0.25) is 4.90 Å². The fourth-order valence-corrected chi connectivity index (χ4v) is 3.21. The van der Waals surface area contributed by atoms with E-state index in [1.165, 1.54) is 5.56 Å². The van der Waals surface area contributed by atoms with Crippen molar-refractivity contribution in [2.24, 2.45) is 5.73 Å². The van der Waals surface area contributed by atoms with Crippen molar-refractivity contribution in [1.82, 2.24) is 9.88 Å². The highest BCUT2D eigenvalue weighted by atomic mass is 35.5. The summed E-state index contributed by atoms with van der Waals surface area (Å²) in [6.45, 7) is 10.4. The highest BCUT2D eigenvalue weighted by Gasteiger charge is 2.35. The largest absolute Gasteiger partial charge is 0.443 e. The number of nitrogens with zero attached hydrogens (tertiary/aromatic N) is 2. The lowest BCUT2D eigenvalue weighted by Gasteiger charge is -2.22. The molecule has 0 saturated carbocycles. The zero-order chi connectivity index (χ0) is 16.6. The van der Waals surface area contributed by atoms with Crippen molar-refractivity contribution < 1.29 is 4.42 Å². The maximum atomic E-state index is 6.40. The third kappa shape index (κ3) is 4.76. The number of hydrogen-bond donors (Lipinski definition) is 1. The zero-order valence-corrected chi connectivity index (χ0v) is 16.9. The van der Waals surface area contributed by atoms with Gasteiger partial charge in [-0.1, -0.05) is 51.1 Å². The summed E-state index contributed by atoms with van der Waals surface area (Å²) in [6.07, 6.45) is 1.86. The Bertz CT molecular complexity index is 654. The van der Waals surface area contributed by atoms with E-state index in [9.17, 15) is 0 Å². The van der Waals surface area contributed by atoms with E-state index in [1.807, 2.05) is 12.3 Å². The van der Waals surface area contributed by atoms with Crippen LogP contribution in [-0.4, -0.2) is 29.0 Å². The van der Waals surface area contributed by atoms with E-state index in [2.05, 4.69) is 61.8 Å². The average molecular weight is 386 g/mol. The van der Waals surface area contributed by atoms with Crippen LogP contribution in [0.3, 0.4) is 0 Å². The number of rotatable bonds is 3. The first-order valence-electron chi connectivity index (χ1n) is 8.37. The fraction of sp³-hybridized carbons (Fsp3) is 0.526. The van der Waals surface area contributed by atoms with Gasteiger partial charge in [0.15, 0.2) is 0 Å². The fourth-order valence-electron chi connectivity index (χ4n) is 3.21. The molecule has 1 fully saturated rings. The van der Waals surface area contributed by atoms with Crippen molar-refractivity contribution in [2.75, 3.05) is 13.1 Å². The summed E-state index contributed by atoms with van der Waals surface area (Å²) < 4.78 is 6.00. The number of hydrogen-bond acceptors (Lipinski definition) is 4. The molecular formula is C19H29Cl2N3O. The summed E-state index contributed by atoms with van der Waals surface area (Å²) in [5, 5.41) is 0. The van der Waals surface area contributed by atoms with Gasteiger partial charge in [-0.05, 0) is 12.5 Å². The van der Waals surface area contributed by atoms with Crippen LogP contribution in [0, 0.1) is 0 Å². The standard InChI is InChI=1S/C19H27N3O.2ClH/c1-13(18-21-10-17(23-18)19(2,3)4)22-11-15(16(20)12-22)14-8-6-5-7-9-14;;/h5-10,13,15-16H,11-12,20H2,1-4H3;2*1H/t13?,15-,16+;;/m0../s1. The monoisotopic (exact) mass is 385 g/mol. The van der Waals surface area contributed by atoms with Gasteiger partial charge in [0, 0.05) is 30.5 Å². The van der Waals surface area contributed by atoms with E-state index in [4.69, 9.17) is 10.2 Å². The van der Waals surface area contributed by atoms with Crippen molar-refractivity contribution in [3.05, 3.63) is 53.7 Å². The normalized spacial score (nSPS) is 22.1. The second-order valence-corrected chi connectivity index (χ2v) is 7.62. The molecule has 4 nitrogen and oxygen atoms in total. The van der Waals surface area contributed by atoms with Crippen molar-refractivity contribution in [3.63, 3.8) is 0 Å². The number of aromatic nitrogens is 1. The molecule has 0 radical (unpaired) electrons. The van der Waals surface area contributed by atoms with E-state index in [0.29, 0.717) is 5.92 Å². The van der Waals surface area contributed by atoms with Crippen molar-refractivity contribution in [2.45, 2.75) is 51.1 Å². The predicted molar refractivity (Wildman–Crippen MR) is 107 cm³/mol. The molecule has 3 atom stereocenters. The van der Waals surface area contributed by atoms with Crippen LogP contribution >= 0.6 is 24.8 Å². The van der Waals surface area contributed by atoms with Crippen LogP contribution in [0.25, 0.3) is 0 Å². The first kappa shape index (κ1) is 22.0. The van der Waals surface area contributed by atoms with Crippen LogP contribution in [0.1, 0.15) is 56.9 Å². The van der Waals surface area contributed by atoms with Gasteiger partial charge in [-0.15, -0.1) is 24.8 Å². The Labute approximate surface area is 163 Å². The summed E-state index contributed by atoms with van der Waals surface area (Å²) in [7, 11) is 0. The van der Waals surface area contributed by atoms with Gasteiger partial charge in [0.2, 0.25) is 5.89 Å². The van der Waals surface area contributed by atoms with Crippen LogP contribution in [0.4, 0.5) is 0 Å². The molecule has 3 rings (SSSR count). The van der Waals surface area contributed by atoms with E-state index in [-0.39, 0.29) is 42.3 Å². The second-order valence-electron chi connectivity index (χ2n) is 7.62. The molecule has 140 valence electrons. The first-order chi connectivity index (χ1) is 10.9. The molecule has 2 N–H and O–H groups in total. The van der Waals surface area contributed by atoms with E-state index in [1.54, 1.807) is 0 Å². The van der Waals surface area contributed by atoms with Gasteiger partial charge in [0.05, 0.1) is 12.2 Å². The minimum absolute atomic E-state index is 0. The lowest BCUT2D eigenvalue weighted by Crippen LogP contribution is -2.30. The summed E-state index contributed by atoms with van der Waals surface area (Å²) in [5.41, 5.74) is 7.70. The van der Waals surface area contributed by atoms with Gasteiger partial charge < -0.3 is 10.2 Å². The van der Waals surface area contributed by atoms with Gasteiger partial charge >= 0.3 is 0 Å². The average Bonchev–Trinajstić information content (AvgIpc) is 3.14. The molecule has 0 amide bonds. The maximum absolute atomic E-state index is 6.40. The van der Waals surface area contributed by atoms with Crippen molar-refractivity contribution in [3.8, 4) is 0 Å². The predicted octanol–water partition coefficient (Wildman–Crippen LogP) is 4.30. The Morgan fingerprint density at radius 1 is 1.16 bits per heavy atom. The van der Waals surface area contributed by atoms with Crippen LogP contribution in [0.5, 0.6) is 0 Å². The summed E-state index contributed by atoms with van der Waals surface area (Å²) in [4.78, 5) is 6.88. The van der Waals surface area contributed by atoms with Crippen LogP contribution in [-0.2, 0) is 5.41 Å². The molecule has 2 heterocycles. The van der Waals surface area contributed by atoms with Gasteiger partial charge in [0.25, 0.3) is 0 Å². The quantitative estimate of drug-likeness (QED) is 0.855. The number of benzene rings is 1. The molecule has 1 aromatic heterocycles. The zero-order valence-electron chi connectivity index (χ0n) is 15.3. The van der Waals surface area contributed by atoms with Crippen LogP contribution in [0.15, 0.2) is 40.9 Å². The van der Waals surface area contributed by atoms with E-state index in [0.717, 1.165) is 24.7 Å². The molecule has 2 aromatic rings. The molecule has 1 aliphatic rings. The number of halogens is 2. The molecule has 0 spiro atoms. The Morgan fingerprint density at radius 2 is 1.80 bits per heavy atom. The Morgan fingerprint density at radius 3 is 2.36 bits per heavy atom. The lowest BCUT2D eigenvalue weighted by molar-refractivity contribution is 0.213. The molecule has 1 aliphatic heterocycles. The highest BCUT2D eigenvalue weighted by molar-refractivity contribution is 5.85. The topological polar surface area (TPSA) is 55.3 Å². The number of oxazole rings is 1. The second kappa shape index (κ2) is 8.54. The number of likely N-dealkylation sites (tertiary alicyclic amines) is 1. The van der Waals surface area contributed by atoms with Crippen LogP contribution in [0.2, 0.25) is 0 Å². The third-order valence-corrected chi connectivity index (χ3v) is 4.79. The third-order valence-electron chi connectivity index (χ3n) is 4.79. The summed E-state index contributed by atoms with van der Waals surface area (Å²) in [6, 6.07) is 10.8. The van der Waals surface area contributed by atoms with Crippen molar-refractivity contribution in [1.29, 1.82) is 0 Å². The van der Waals surface area contributed by atoms with E-state index >= 15 is 0 Å². The Balaban J connectivity index is 0.00000156. The molecule has 1 aromatic carbocycles. The molecule has 6 heteroatoms. The van der Waals surface area contributed by atoms with Crippen LogP contribution < -0.4 is 5.73 Å². The molecule has 1 saturated heterocycles. The molecule has 0 bridgehead atoms. The summed E-state index contributed by atoms with van der Waals surface area (Å²) >= 11 is 0. The van der Waals surface area contributed by atoms with Gasteiger partial charge in [0.1, 0.15) is 5.76 Å². The molecule has 1 unspecified atom stereocenters. The summed E-state index contributed by atoms with van der Waals surface area (Å²) in [5.74, 6) is 2.09. The van der Waals surface area contributed by atoms with E-state index < -0.39 is 0 Å². The van der Waals surface area contributed by atoms with Gasteiger partial charge in [-0.25, -0.2) is 4.98 Å². The Kier molecular flexibility index (Phi) is 7.51. The van der Waals surface area contributed by atoms with Crippen molar-refractivity contribution >= 4 is 24.8 Å². The minimum Gasteiger partial charge on any atom is -0.443 e. The number of nitrogens with two attached hydrogens (primary N) is 1. The lowest BCUT2D eigenvalue weighted by atomic mass is 9.94. The molecular weight excluding hydrogens is 357 g/mol. The van der Waals surface area contributed by atoms with Gasteiger partial charge in [-0.2, -0.15) is 0 Å². The minimum atomic E-state index is -0.0149. The molecule has 0 aliphatic carbocycles. The Hall–Kier alpha value is -1.07. The molecule has 25 heavy (non-hydrogen) atoms. The maximum Gasteiger partial charge on any atom is 0.211 e. The highest BCUT2D eigenvalue weighted by Crippen LogP contribution is 2.33. The smallest absolute Gasteiger partial charge is 0.211 e. The SMILES string of the molecule is CC(c1ncc(C(C)(C)C)o1)N1C[C@@H](N)[C@H](c2ccccc2)C1.Cl.Cl.